The molecule has 1 amide bonds. The fraction of sp³-hybridized carbons (Fsp3) is 0.400. The summed E-state index contributed by atoms with van der Waals surface area (Å²) in [6.45, 7) is 2.07. The van der Waals surface area contributed by atoms with Gasteiger partial charge in [-0.05, 0) is 55.1 Å². The summed E-state index contributed by atoms with van der Waals surface area (Å²) in [5.74, 6) is 0.976. The number of fused-ring (bicyclic) bond motifs is 1. The SMILES string of the molecule is COc1ccc(C2CCCCCN2CC(=O)NCCc2c[nH]c3ccccc23)cc1. The molecule has 2 heterocycles. The number of methoxy groups -OCH3 is 1. The molecule has 30 heavy (non-hydrogen) atoms. The fourth-order valence-electron chi connectivity index (χ4n) is 4.48. The second-order valence-corrected chi connectivity index (χ2v) is 8.07. The molecule has 5 heteroatoms. The Hall–Kier alpha value is -2.79. The third-order valence-electron chi connectivity index (χ3n) is 6.10. The maximum Gasteiger partial charge on any atom is 0.234 e. The van der Waals surface area contributed by atoms with E-state index < -0.39 is 0 Å². The number of ether oxygens (including phenoxy) is 1. The van der Waals surface area contributed by atoms with Gasteiger partial charge in [-0.15, -0.1) is 0 Å². The number of hydrogen-bond donors (Lipinski definition) is 2. The maximum atomic E-state index is 12.7. The molecule has 158 valence electrons. The average molecular weight is 406 g/mol. The second-order valence-electron chi connectivity index (χ2n) is 8.07. The van der Waals surface area contributed by atoms with E-state index >= 15 is 0 Å². The van der Waals surface area contributed by atoms with Crippen molar-refractivity contribution < 1.29 is 9.53 Å². The average Bonchev–Trinajstić information content (AvgIpc) is 3.04. The summed E-state index contributed by atoms with van der Waals surface area (Å²) in [5.41, 5.74) is 3.66. The molecule has 1 atom stereocenters. The predicted octanol–water partition coefficient (Wildman–Crippen LogP) is 4.45. The Morgan fingerprint density at radius 2 is 1.97 bits per heavy atom. The van der Waals surface area contributed by atoms with Crippen LogP contribution in [0.5, 0.6) is 5.75 Å². The van der Waals surface area contributed by atoms with E-state index in [1.54, 1.807) is 7.11 Å². The lowest BCUT2D eigenvalue weighted by atomic mass is 10.0. The zero-order chi connectivity index (χ0) is 20.8. The molecule has 1 aliphatic rings. The van der Waals surface area contributed by atoms with Gasteiger partial charge >= 0.3 is 0 Å². The van der Waals surface area contributed by atoms with Crippen molar-refractivity contribution in [2.45, 2.75) is 38.1 Å². The van der Waals surface area contributed by atoms with E-state index in [0.717, 1.165) is 37.1 Å². The van der Waals surface area contributed by atoms with E-state index in [4.69, 9.17) is 4.74 Å². The van der Waals surface area contributed by atoms with Crippen molar-refractivity contribution in [1.82, 2.24) is 15.2 Å². The molecule has 1 aromatic heterocycles. The smallest absolute Gasteiger partial charge is 0.234 e. The van der Waals surface area contributed by atoms with Crippen molar-refractivity contribution >= 4 is 16.8 Å². The van der Waals surface area contributed by atoms with Gasteiger partial charge in [0.25, 0.3) is 0 Å². The number of likely N-dealkylation sites (tertiary alicyclic amines) is 1. The Balaban J connectivity index is 1.35. The molecule has 2 aromatic carbocycles. The molecule has 0 aliphatic carbocycles. The van der Waals surface area contributed by atoms with E-state index in [1.807, 2.05) is 24.4 Å². The van der Waals surface area contributed by atoms with Crippen LogP contribution < -0.4 is 10.1 Å². The molecule has 5 nitrogen and oxygen atoms in total. The summed E-state index contributed by atoms with van der Waals surface area (Å²) in [6.07, 6.45) is 7.55. The van der Waals surface area contributed by atoms with Gasteiger partial charge in [0, 0.05) is 29.7 Å². The van der Waals surface area contributed by atoms with E-state index in [9.17, 15) is 4.79 Å². The molecular formula is C25H31N3O2. The number of amides is 1. The number of nitrogens with zero attached hydrogens (tertiary/aromatic N) is 1. The van der Waals surface area contributed by atoms with Gasteiger partial charge in [-0.25, -0.2) is 0 Å². The Labute approximate surface area is 178 Å². The summed E-state index contributed by atoms with van der Waals surface area (Å²) in [6, 6.07) is 16.9. The van der Waals surface area contributed by atoms with Gasteiger partial charge in [0.2, 0.25) is 5.91 Å². The lowest BCUT2D eigenvalue weighted by Gasteiger charge is -2.29. The van der Waals surface area contributed by atoms with Crippen LogP contribution in [0.15, 0.2) is 54.7 Å². The van der Waals surface area contributed by atoms with Gasteiger partial charge in [-0.1, -0.05) is 43.2 Å². The fourth-order valence-corrected chi connectivity index (χ4v) is 4.48. The number of para-hydroxylation sites is 1. The zero-order valence-corrected chi connectivity index (χ0v) is 17.7. The van der Waals surface area contributed by atoms with Crippen molar-refractivity contribution in [1.29, 1.82) is 0 Å². The van der Waals surface area contributed by atoms with Crippen LogP contribution in [0.4, 0.5) is 0 Å². The van der Waals surface area contributed by atoms with Gasteiger partial charge in [-0.3, -0.25) is 9.69 Å². The quantitative estimate of drug-likeness (QED) is 0.610. The topological polar surface area (TPSA) is 57.4 Å². The van der Waals surface area contributed by atoms with Gasteiger partial charge in [0.05, 0.1) is 13.7 Å². The number of rotatable bonds is 7. The van der Waals surface area contributed by atoms with Crippen LogP contribution in [0.3, 0.4) is 0 Å². The zero-order valence-electron chi connectivity index (χ0n) is 17.7. The van der Waals surface area contributed by atoms with E-state index in [1.165, 1.54) is 29.4 Å². The van der Waals surface area contributed by atoms with Crippen LogP contribution in [0, 0.1) is 0 Å². The van der Waals surface area contributed by atoms with Crippen molar-refractivity contribution in [3.8, 4) is 5.75 Å². The largest absolute Gasteiger partial charge is 0.497 e. The van der Waals surface area contributed by atoms with Crippen molar-refractivity contribution in [2.24, 2.45) is 0 Å². The minimum absolute atomic E-state index is 0.107. The lowest BCUT2D eigenvalue weighted by Crippen LogP contribution is -2.39. The Morgan fingerprint density at radius 1 is 1.13 bits per heavy atom. The molecule has 0 radical (unpaired) electrons. The van der Waals surface area contributed by atoms with Gasteiger partial charge in [0.1, 0.15) is 5.75 Å². The number of hydrogen-bond acceptors (Lipinski definition) is 3. The predicted molar refractivity (Wildman–Crippen MR) is 121 cm³/mol. The highest BCUT2D eigenvalue weighted by atomic mass is 16.5. The summed E-state index contributed by atoms with van der Waals surface area (Å²) in [4.78, 5) is 18.4. The normalized spacial score (nSPS) is 17.6. The monoisotopic (exact) mass is 405 g/mol. The number of carbonyl (C=O) groups excluding carboxylic acids is 1. The highest BCUT2D eigenvalue weighted by molar-refractivity contribution is 5.83. The van der Waals surface area contributed by atoms with E-state index in [-0.39, 0.29) is 11.9 Å². The number of aromatic amines is 1. The molecule has 3 aromatic rings. The van der Waals surface area contributed by atoms with Crippen LogP contribution in [0.2, 0.25) is 0 Å². The van der Waals surface area contributed by atoms with Gasteiger partial charge < -0.3 is 15.0 Å². The van der Waals surface area contributed by atoms with Crippen LogP contribution >= 0.6 is 0 Å². The molecular weight excluding hydrogens is 374 g/mol. The Kier molecular flexibility index (Phi) is 6.70. The van der Waals surface area contributed by atoms with E-state index in [2.05, 4.69) is 45.5 Å². The van der Waals surface area contributed by atoms with Crippen LogP contribution in [-0.2, 0) is 11.2 Å². The molecule has 0 bridgehead atoms. The number of benzene rings is 2. The Bertz CT molecular complexity index is 964. The molecule has 2 N–H and O–H groups in total. The first-order valence-corrected chi connectivity index (χ1v) is 10.9. The highest BCUT2D eigenvalue weighted by Gasteiger charge is 2.24. The number of H-pyrrole nitrogens is 1. The number of nitrogens with one attached hydrogen (secondary N) is 2. The Morgan fingerprint density at radius 3 is 2.80 bits per heavy atom. The first-order chi connectivity index (χ1) is 14.7. The molecule has 0 spiro atoms. The van der Waals surface area contributed by atoms with Crippen molar-refractivity contribution in [3.05, 3.63) is 65.9 Å². The van der Waals surface area contributed by atoms with Crippen molar-refractivity contribution in [3.63, 3.8) is 0 Å². The summed E-state index contributed by atoms with van der Waals surface area (Å²) in [5, 5.41) is 4.36. The minimum atomic E-state index is 0.107. The third-order valence-corrected chi connectivity index (χ3v) is 6.10. The first kappa shape index (κ1) is 20.5. The summed E-state index contributed by atoms with van der Waals surface area (Å²) >= 11 is 0. The maximum absolute atomic E-state index is 12.7. The lowest BCUT2D eigenvalue weighted by molar-refractivity contribution is -0.122. The summed E-state index contributed by atoms with van der Waals surface area (Å²) < 4.78 is 5.29. The van der Waals surface area contributed by atoms with E-state index in [0.29, 0.717) is 13.1 Å². The van der Waals surface area contributed by atoms with Gasteiger partial charge in [0.15, 0.2) is 0 Å². The number of carbonyl (C=O) groups is 1. The van der Waals surface area contributed by atoms with Crippen LogP contribution in [0.1, 0.15) is 42.9 Å². The molecule has 1 aliphatic heterocycles. The first-order valence-electron chi connectivity index (χ1n) is 10.9. The molecule has 1 unspecified atom stereocenters. The standard InChI is InChI=1S/C25H31N3O2/c1-30-21-12-10-19(11-13-21)24-9-3-2-6-16-28(24)18-25(29)26-15-14-20-17-27-23-8-5-4-7-22(20)23/h4-5,7-8,10-13,17,24,27H,2-3,6,9,14-16,18H2,1H3,(H,26,29). The minimum Gasteiger partial charge on any atom is -0.497 e. The third kappa shape index (κ3) is 4.85. The molecule has 1 fully saturated rings. The van der Waals surface area contributed by atoms with Crippen LogP contribution in [-0.4, -0.2) is 42.5 Å². The highest BCUT2D eigenvalue weighted by Crippen LogP contribution is 2.30. The number of aromatic nitrogens is 1. The van der Waals surface area contributed by atoms with Gasteiger partial charge in [-0.2, -0.15) is 0 Å². The molecule has 0 saturated carbocycles. The molecule has 1 saturated heterocycles. The second kappa shape index (κ2) is 9.81. The van der Waals surface area contributed by atoms with Crippen molar-refractivity contribution in [2.75, 3.05) is 26.7 Å². The molecule has 4 rings (SSSR count). The summed E-state index contributed by atoms with van der Waals surface area (Å²) in [7, 11) is 1.69. The van der Waals surface area contributed by atoms with Crippen LogP contribution in [0.25, 0.3) is 10.9 Å².